The number of rotatable bonds is 3. The van der Waals surface area contributed by atoms with Crippen molar-refractivity contribution in [2.75, 3.05) is 5.75 Å². The second-order valence-corrected chi connectivity index (χ2v) is 8.43. The summed E-state index contributed by atoms with van der Waals surface area (Å²) in [6.45, 7) is 9.78. The van der Waals surface area contributed by atoms with Crippen molar-refractivity contribution < 1.29 is 14.6 Å². The number of thioether (sulfide) groups is 1. The predicted octanol–water partition coefficient (Wildman–Crippen LogP) is 4.05. The highest BCUT2D eigenvalue weighted by atomic mass is 32.2. The molecule has 1 aliphatic heterocycles. The van der Waals surface area contributed by atoms with Crippen molar-refractivity contribution in [3.8, 4) is 0 Å². The van der Waals surface area contributed by atoms with Crippen LogP contribution in [0.1, 0.15) is 46.3 Å². The lowest BCUT2D eigenvalue weighted by Gasteiger charge is -2.35. The molecule has 128 valence electrons. The summed E-state index contributed by atoms with van der Waals surface area (Å²) in [4.78, 5) is 14.4. The number of benzene rings is 1. The third kappa shape index (κ3) is 4.42. The average Bonchev–Trinajstić information content (AvgIpc) is 2.90. The number of aliphatic hydroxyl groups excluding tert-OH is 1. The van der Waals surface area contributed by atoms with Gasteiger partial charge in [-0.25, -0.2) is 4.79 Å². The first-order chi connectivity index (χ1) is 10.7. The van der Waals surface area contributed by atoms with Gasteiger partial charge in [-0.1, -0.05) is 44.2 Å². The Kier molecular flexibility index (Phi) is 5.63. The van der Waals surface area contributed by atoms with Crippen molar-refractivity contribution in [2.45, 2.75) is 57.7 Å². The Morgan fingerprint density at radius 3 is 2.43 bits per heavy atom. The van der Waals surface area contributed by atoms with E-state index in [1.54, 1.807) is 16.7 Å². The van der Waals surface area contributed by atoms with E-state index < -0.39 is 11.7 Å². The minimum atomic E-state index is -0.725. The number of amides is 1. The van der Waals surface area contributed by atoms with Crippen LogP contribution < -0.4 is 0 Å². The van der Waals surface area contributed by atoms with E-state index in [4.69, 9.17) is 4.74 Å². The number of hydrogen-bond donors (Lipinski definition) is 1. The molecule has 0 spiro atoms. The average molecular weight is 337 g/mol. The van der Waals surface area contributed by atoms with Crippen molar-refractivity contribution in [1.82, 2.24) is 4.90 Å². The number of carbonyl (C=O) groups excluding carboxylic acids is 1. The zero-order valence-corrected chi connectivity index (χ0v) is 15.3. The summed E-state index contributed by atoms with van der Waals surface area (Å²) in [5, 5.41) is 10.4. The van der Waals surface area contributed by atoms with E-state index in [-0.39, 0.29) is 17.5 Å². The van der Waals surface area contributed by atoms with Gasteiger partial charge in [-0.3, -0.25) is 4.90 Å². The Morgan fingerprint density at radius 2 is 1.91 bits per heavy atom. The maximum atomic E-state index is 12.7. The monoisotopic (exact) mass is 337 g/mol. The molecule has 4 nitrogen and oxygen atoms in total. The van der Waals surface area contributed by atoms with Crippen LogP contribution in [0.15, 0.2) is 30.3 Å². The minimum absolute atomic E-state index is 0.0678. The molecular weight excluding hydrogens is 310 g/mol. The van der Waals surface area contributed by atoms with Gasteiger partial charge in [-0.2, -0.15) is 0 Å². The predicted molar refractivity (Wildman–Crippen MR) is 94.3 cm³/mol. The first-order valence-electron chi connectivity index (χ1n) is 8.06. The Labute approximate surface area is 143 Å². The number of nitrogens with zero attached hydrogens (tertiary/aromatic N) is 1. The van der Waals surface area contributed by atoms with E-state index in [1.165, 1.54) is 0 Å². The zero-order chi connectivity index (χ0) is 17.2. The van der Waals surface area contributed by atoms with E-state index in [0.29, 0.717) is 5.92 Å². The second kappa shape index (κ2) is 7.14. The topological polar surface area (TPSA) is 49.8 Å². The molecule has 0 unspecified atom stereocenters. The van der Waals surface area contributed by atoms with Crippen molar-refractivity contribution in [2.24, 2.45) is 5.92 Å². The van der Waals surface area contributed by atoms with E-state index in [0.717, 1.165) is 11.3 Å². The molecule has 1 amide bonds. The number of ether oxygens (including phenoxy) is 1. The van der Waals surface area contributed by atoms with E-state index in [9.17, 15) is 9.90 Å². The zero-order valence-electron chi connectivity index (χ0n) is 14.5. The Morgan fingerprint density at radius 1 is 1.30 bits per heavy atom. The fraction of sp³-hybridized carbons (Fsp3) is 0.611. The molecule has 1 aromatic carbocycles. The molecule has 23 heavy (non-hydrogen) atoms. The molecule has 1 aliphatic rings. The third-order valence-corrected chi connectivity index (χ3v) is 5.21. The van der Waals surface area contributed by atoms with Gasteiger partial charge in [0.25, 0.3) is 0 Å². The molecule has 1 saturated heterocycles. The molecule has 1 heterocycles. The van der Waals surface area contributed by atoms with E-state index >= 15 is 0 Å². The second-order valence-electron chi connectivity index (χ2n) is 7.28. The quantitative estimate of drug-likeness (QED) is 0.904. The summed E-state index contributed by atoms with van der Waals surface area (Å²) >= 11 is 1.62. The minimum Gasteiger partial charge on any atom is -0.444 e. The summed E-state index contributed by atoms with van der Waals surface area (Å²) in [6, 6.07) is 9.56. The summed E-state index contributed by atoms with van der Waals surface area (Å²) < 4.78 is 5.58. The number of aliphatic hydroxyl groups is 1. The maximum absolute atomic E-state index is 12.7. The lowest BCUT2D eigenvalue weighted by atomic mass is 10.0. The van der Waals surface area contributed by atoms with Crippen LogP contribution >= 0.6 is 11.8 Å². The van der Waals surface area contributed by atoms with Crippen LogP contribution in [0.3, 0.4) is 0 Å². The standard InChI is InChI=1S/C18H27NO3S/c1-12(2)14-11-23-16(15(20)13-9-7-6-8-10-13)19(14)17(21)22-18(3,4)5/h6-10,12,14-16,20H,11H2,1-5H3/t14-,15+,16-/m1/s1. The molecule has 1 N–H and O–H groups in total. The van der Waals surface area contributed by atoms with Crippen LogP contribution in [-0.2, 0) is 4.74 Å². The van der Waals surface area contributed by atoms with Gasteiger partial charge in [-0.05, 0) is 32.3 Å². The molecule has 1 aromatic rings. The fourth-order valence-electron chi connectivity index (χ4n) is 2.67. The molecule has 0 bridgehead atoms. The van der Waals surface area contributed by atoms with Gasteiger partial charge in [-0.15, -0.1) is 11.8 Å². The fourth-order valence-corrected chi connectivity index (χ4v) is 4.35. The van der Waals surface area contributed by atoms with Crippen LogP contribution in [-0.4, -0.2) is 38.9 Å². The molecule has 0 saturated carbocycles. The van der Waals surface area contributed by atoms with Gasteiger partial charge in [0.05, 0.1) is 0 Å². The van der Waals surface area contributed by atoms with Gasteiger partial charge in [0, 0.05) is 11.8 Å². The number of hydrogen-bond acceptors (Lipinski definition) is 4. The summed E-state index contributed by atoms with van der Waals surface area (Å²) in [5.74, 6) is 1.12. The lowest BCUT2D eigenvalue weighted by molar-refractivity contribution is -0.00122. The SMILES string of the molecule is CC(C)[C@H]1CS[C@H]([C@@H](O)c2ccccc2)N1C(=O)OC(C)(C)C. The largest absolute Gasteiger partial charge is 0.444 e. The molecule has 3 atom stereocenters. The van der Waals surface area contributed by atoms with Gasteiger partial charge < -0.3 is 9.84 Å². The van der Waals surface area contributed by atoms with Crippen LogP contribution in [0.2, 0.25) is 0 Å². The Bertz CT molecular complexity index is 527. The van der Waals surface area contributed by atoms with Crippen LogP contribution in [0, 0.1) is 5.92 Å². The Balaban J connectivity index is 2.25. The Hall–Kier alpha value is -1.20. The summed E-state index contributed by atoms with van der Waals surface area (Å²) in [7, 11) is 0. The molecule has 1 fully saturated rings. The summed E-state index contributed by atoms with van der Waals surface area (Å²) in [5.41, 5.74) is 0.275. The van der Waals surface area contributed by atoms with Crippen molar-refractivity contribution in [3.05, 3.63) is 35.9 Å². The smallest absolute Gasteiger partial charge is 0.411 e. The maximum Gasteiger partial charge on any atom is 0.411 e. The van der Waals surface area contributed by atoms with Crippen molar-refractivity contribution in [3.63, 3.8) is 0 Å². The normalized spacial score (nSPS) is 23.2. The molecule has 0 aliphatic carbocycles. The third-order valence-electron chi connectivity index (χ3n) is 3.85. The van der Waals surface area contributed by atoms with Crippen LogP contribution in [0.4, 0.5) is 4.79 Å². The molecular formula is C18H27NO3S. The molecule has 0 radical (unpaired) electrons. The van der Waals surface area contributed by atoms with Crippen LogP contribution in [0.5, 0.6) is 0 Å². The van der Waals surface area contributed by atoms with Gasteiger partial charge >= 0.3 is 6.09 Å². The van der Waals surface area contributed by atoms with Crippen LogP contribution in [0.25, 0.3) is 0 Å². The van der Waals surface area contributed by atoms with Crippen molar-refractivity contribution in [1.29, 1.82) is 0 Å². The number of carbonyl (C=O) groups is 1. The molecule has 5 heteroatoms. The summed E-state index contributed by atoms with van der Waals surface area (Å²) in [6.07, 6.45) is -1.07. The lowest BCUT2D eigenvalue weighted by Crippen LogP contribution is -2.48. The van der Waals surface area contributed by atoms with Crippen molar-refractivity contribution >= 4 is 17.9 Å². The van der Waals surface area contributed by atoms with E-state index in [2.05, 4.69) is 13.8 Å². The van der Waals surface area contributed by atoms with Gasteiger partial charge in [0.15, 0.2) is 0 Å². The molecule has 0 aromatic heterocycles. The van der Waals surface area contributed by atoms with Gasteiger partial charge in [0.1, 0.15) is 17.1 Å². The van der Waals surface area contributed by atoms with E-state index in [1.807, 2.05) is 51.1 Å². The first-order valence-corrected chi connectivity index (χ1v) is 9.11. The highest BCUT2D eigenvalue weighted by molar-refractivity contribution is 8.00. The highest BCUT2D eigenvalue weighted by Crippen LogP contribution is 2.40. The highest BCUT2D eigenvalue weighted by Gasteiger charge is 2.44. The van der Waals surface area contributed by atoms with Gasteiger partial charge in [0.2, 0.25) is 0 Å². The molecule has 2 rings (SSSR count). The first kappa shape index (κ1) is 18.1.